The van der Waals surface area contributed by atoms with Gasteiger partial charge in [0.2, 0.25) is 0 Å². The Labute approximate surface area is 92.9 Å². The zero-order valence-electron chi connectivity index (χ0n) is 10.00. The maximum Gasteiger partial charge on any atom is 0.0593 e. The van der Waals surface area contributed by atoms with E-state index in [-0.39, 0.29) is 0 Å². The van der Waals surface area contributed by atoms with Gasteiger partial charge in [-0.3, -0.25) is 4.90 Å². The minimum absolute atomic E-state index is 0.701. The lowest BCUT2D eigenvalue weighted by atomic mass is 10.2. The molecule has 1 atom stereocenters. The van der Waals surface area contributed by atoms with E-state index in [1.54, 1.807) is 7.11 Å². The lowest BCUT2D eigenvalue weighted by Gasteiger charge is -2.23. The quantitative estimate of drug-likeness (QED) is 0.593. The third-order valence-corrected chi connectivity index (χ3v) is 2.88. The number of nitrogens with one attached hydrogen (secondary N) is 1. The van der Waals surface area contributed by atoms with E-state index in [1.165, 1.54) is 6.42 Å². The van der Waals surface area contributed by atoms with Crippen LogP contribution in [0.15, 0.2) is 0 Å². The van der Waals surface area contributed by atoms with Crippen LogP contribution in [-0.2, 0) is 9.47 Å². The number of likely N-dealkylation sites (N-methyl/N-ethyl adjacent to an activating group) is 1. The van der Waals surface area contributed by atoms with Crippen LogP contribution in [0, 0.1) is 0 Å². The number of methoxy groups -OCH3 is 1. The first kappa shape index (κ1) is 12.9. The molecular weight excluding hydrogens is 192 g/mol. The molecule has 1 fully saturated rings. The van der Waals surface area contributed by atoms with Crippen LogP contribution in [0.5, 0.6) is 0 Å². The SMILES string of the molecule is COCCCOCCN(C)C1CCNC1. The molecule has 4 nitrogen and oxygen atoms in total. The summed E-state index contributed by atoms with van der Waals surface area (Å²) < 4.78 is 10.5. The Bertz CT molecular complexity index is 150. The van der Waals surface area contributed by atoms with E-state index in [1.807, 2.05) is 0 Å². The Morgan fingerprint density at radius 3 is 2.87 bits per heavy atom. The summed E-state index contributed by atoms with van der Waals surface area (Å²) in [5.74, 6) is 0. The summed E-state index contributed by atoms with van der Waals surface area (Å²) in [6.07, 6.45) is 2.26. The van der Waals surface area contributed by atoms with Crippen molar-refractivity contribution in [3.05, 3.63) is 0 Å². The predicted molar refractivity (Wildman–Crippen MR) is 61.2 cm³/mol. The molecule has 0 bridgehead atoms. The highest BCUT2D eigenvalue weighted by molar-refractivity contribution is 4.78. The molecule has 1 unspecified atom stereocenters. The molecule has 0 aromatic heterocycles. The van der Waals surface area contributed by atoms with Crippen molar-refractivity contribution in [2.45, 2.75) is 18.9 Å². The molecule has 15 heavy (non-hydrogen) atoms. The maximum absolute atomic E-state index is 5.52. The van der Waals surface area contributed by atoms with Crippen LogP contribution in [0.2, 0.25) is 0 Å². The van der Waals surface area contributed by atoms with Crippen LogP contribution in [0.25, 0.3) is 0 Å². The third kappa shape index (κ3) is 5.47. The van der Waals surface area contributed by atoms with E-state index in [0.717, 1.165) is 45.9 Å². The third-order valence-electron chi connectivity index (χ3n) is 2.88. The Morgan fingerprint density at radius 2 is 2.20 bits per heavy atom. The van der Waals surface area contributed by atoms with E-state index in [2.05, 4.69) is 17.3 Å². The molecule has 0 aromatic rings. The lowest BCUT2D eigenvalue weighted by molar-refractivity contribution is 0.0819. The largest absolute Gasteiger partial charge is 0.385 e. The standard InChI is InChI=1S/C11H24N2O2/c1-13(11-4-5-12-10-11)6-9-15-8-3-7-14-2/h11-12H,3-10H2,1-2H3. The summed E-state index contributed by atoms with van der Waals surface area (Å²) in [6, 6.07) is 0.701. The van der Waals surface area contributed by atoms with Gasteiger partial charge in [-0.2, -0.15) is 0 Å². The number of ether oxygens (including phenoxy) is 2. The van der Waals surface area contributed by atoms with Crippen molar-refractivity contribution in [3.8, 4) is 0 Å². The molecule has 1 heterocycles. The van der Waals surface area contributed by atoms with Gasteiger partial charge < -0.3 is 14.8 Å². The molecule has 1 rings (SSSR count). The molecule has 0 saturated carbocycles. The van der Waals surface area contributed by atoms with Gasteiger partial charge in [-0.05, 0) is 26.4 Å². The zero-order chi connectivity index (χ0) is 10.9. The number of hydrogen-bond donors (Lipinski definition) is 1. The molecule has 0 aromatic carbocycles. The summed E-state index contributed by atoms with van der Waals surface area (Å²) in [4.78, 5) is 2.39. The van der Waals surface area contributed by atoms with Gasteiger partial charge in [-0.1, -0.05) is 0 Å². The second kappa shape index (κ2) is 8.05. The normalized spacial score (nSPS) is 21.4. The van der Waals surface area contributed by atoms with Crippen molar-refractivity contribution < 1.29 is 9.47 Å². The summed E-state index contributed by atoms with van der Waals surface area (Å²) in [5, 5.41) is 3.37. The van der Waals surface area contributed by atoms with Crippen LogP contribution in [0.3, 0.4) is 0 Å². The fourth-order valence-corrected chi connectivity index (χ4v) is 1.81. The van der Waals surface area contributed by atoms with E-state index in [4.69, 9.17) is 9.47 Å². The Hall–Kier alpha value is -0.160. The van der Waals surface area contributed by atoms with Gasteiger partial charge in [0.25, 0.3) is 0 Å². The highest BCUT2D eigenvalue weighted by atomic mass is 16.5. The second-order valence-electron chi connectivity index (χ2n) is 4.09. The average Bonchev–Trinajstić information content (AvgIpc) is 2.76. The minimum Gasteiger partial charge on any atom is -0.385 e. The highest BCUT2D eigenvalue weighted by Crippen LogP contribution is 2.05. The monoisotopic (exact) mass is 216 g/mol. The molecule has 1 saturated heterocycles. The van der Waals surface area contributed by atoms with Crippen molar-refractivity contribution in [2.24, 2.45) is 0 Å². The van der Waals surface area contributed by atoms with Crippen molar-refractivity contribution >= 4 is 0 Å². The maximum atomic E-state index is 5.52. The Balaban J connectivity index is 1.90. The van der Waals surface area contributed by atoms with Crippen molar-refractivity contribution in [3.63, 3.8) is 0 Å². The van der Waals surface area contributed by atoms with Gasteiger partial charge in [0.15, 0.2) is 0 Å². The van der Waals surface area contributed by atoms with Crippen LogP contribution < -0.4 is 5.32 Å². The summed E-state index contributed by atoms with van der Waals surface area (Å²) in [6.45, 7) is 5.74. The molecule has 0 amide bonds. The van der Waals surface area contributed by atoms with E-state index in [0.29, 0.717) is 6.04 Å². The van der Waals surface area contributed by atoms with Gasteiger partial charge in [0.1, 0.15) is 0 Å². The number of rotatable bonds is 8. The highest BCUT2D eigenvalue weighted by Gasteiger charge is 2.18. The van der Waals surface area contributed by atoms with E-state index >= 15 is 0 Å². The molecule has 90 valence electrons. The molecule has 0 aliphatic carbocycles. The van der Waals surface area contributed by atoms with Gasteiger partial charge >= 0.3 is 0 Å². The van der Waals surface area contributed by atoms with Crippen molar-refractivity contribution in [2.75, 3.05) is 53.6 Å². The first-order valence-corrected chi connectivity index (χ1v) is 5.82. The molecule has 1 aliphatic rings. The number of nitrogens with zero attached hydrogens (tertiary/aromatic N) is 1. The van der Waals surface area contributed by atoms with Crippen LogP contribution in [-0.4, -0.2) is 64.6 Å². The van der Waals surface area contributed by atoms with Gasteiger partial charge in [-0.15, -0.1) is 0 Å². The molecule has 0 radical (unpaired) electrons. The molecule has 4 heteroatoms. The van der Waals surface area contributed by atoms with Crippen molar-refractivity contribution in [1.82, 2.24) is 10.2 Å². The van der Waals surface area contributed by atoms with Crippen molar-refractivity contribution in [1.29, 1.82) is 0 Å². The fraction of sp³-hybridized carbons (Fsp3) is 1.00. The summed E-state index contributed by atoms with van der Waals surface area (Å²) in [7, 11) is 3.90. The van der Waals surface area contributed by atoms with Gasteiger partial charge in [-0.25, -0.2) is 0 Å². The zero-order valence-corrected chi connectivity index (χ0v) is 10.00. The van der Waals surface area contributed by atoms with Crippen LogP contribution >= 0.6 is 0 Å². The van der Waals surface area contributed by atoms with Crippen LogP contribution in [0.4, 0.5) is 0 Å². The molecular formula is C11H24N2O2. The smallest absolute Gasteiger partial charge is 0.0593 e. The molecule has 1 N–H and O–H groups in total. The van der Waals surface area contributed by atoms with E-state index in [9.17, 15) is 0 Å². The van der Waals surface area contributed by atoms with Crippen LogP contribution in [0.1, 0.15) is 12.8 Å². The first-order valence-electron chi connectivity index (χ1n) is 5.82. The number of hydrogen-bond acceptors (Lipinski definition) is 4. The average molecular weight is 216 g/mol. The predicted octanol–water partition coefficient (Wildman–Crippen LogP) is 0.333. The Morgan fingerprint density at radius 1 is 1.33 bits per heavy atom. The first-order chi connectivity index (χ1) is 7.34. The summed E-state index contributed by atoms with van der Waals surface area (Å²) >= 11 is 0. The fourth-order valence-electron chi connectivity index (χ4n) is 1.81. The lowest BCUT2D eigenvalue weighted by Crippen LogP contribution is -2.35. The van der Waals surface area contributed by atoms with Gasteiger partial charge in [0, 0.05) is 39.5 Å². The molecule has 1 aliphatic heterocycles. The van der Waals surface area contributed by atoms with E-state index < -0.39 is 0 Å². The minimum atomic E-state index is 0.701. The topological polar surface area (TPSA) is 33.7 Å². The second-order valence-corrected chi connectivity index (χ2v) is 4.09. The van der Waals surface area contributed by atoms with Gasteiger partial charge in [0.05, 0.1) is 6.61 Å². The molecule has 0 spiro atoms. The Kier molecular flexibility index (Phi) is 6.92. The summed E-state index contributed by atoms with van der Waals surface area (Å²) in [5.41, 5.74) is 0.